The molecule has 1 saturated heterocycles. The Morgan fingerprint density at radius 3 is 2.57 bits per heavy atom. The molecule has 0 saturated carbocycles. The van der Waals surface area contributed by atoms with Crippen LogP contribution in [-0.4, -0.2) is 56.2 Å². The molecule has 3 aromatic rings. The molecule has 4 heterocycles. The molecular formula is C16H18FN9OS. The van der Waals surface area contributed by atoms with Crippen LogP contribution in [0.5, 0.6) is 0 Å². The van der Waals surface area contributed by atoms with Gasteiger partial charge in [0.1, 0.15) is 11.6 Å². The normalized spacial score (nSPS) is 15.3. The Labute approximate surface area is 164 Å². The fraction of sp³-hybridized carbons (Fsp3) is 0.375. The number of anilines is 4. The van der Waals surface area contributed by atoms with Gasteiger partial charge in [-0.25, -0.2) is 19.3 Å². The van der Waals surface area contributed by atoms with Crippen LogP contribution in [0, 0.1) is 5.82 Å². The maximum Gasteiger partial charge on any atom is 0.235 e. The lowest BCUT2D eigenvalue weighted by atomic mass is 10.3. The van der Waals surface area contributed by atoms with Crippen molar-refractivity contribution < 1.29 is 9.13 Å². The van der Waals surface area contributed by atoms with Gasteiger partial charge in [-0.15, -0.1) is 11.3 Å². The molecule has 3 aromatic heterocycles. The summed E-state index contributed by atoms with van der Waals surface area (Å²) in [6, 6.07) is -0.326. The van der Waals surface area contributed by atoms with E-state index in [1.54, 1.807) is 5.51 Å². The predicted octanol–water partition coefficient (Wildman–Crippen LogP) is 2.01. The third kappa shape index (κ3) is 4.46. The second-order valence-corrected chi connectivity index (χ2v) is 6.72. The highest BCUT2D eigenvalue weighted by atomic mass is 32.1. The molecule has 12 heteroatoms. The van der Waals surface area contributed by atoms with Crippen molar-refractivity contribution in [2.75, 3.05) is 41.8 Å². The molecule has 1 aliphatic heterocycles. The number of hydrogen-bond acceptors (Lipinski definition) is 11. The van der Waals surface area contributed by atoms with E-state index in [4.69, 9.17) is 4.74 Å². The smallest absolute Gasteiger partial charge is 0.235 e. The number of thiazole rings is 1. The predicted molar refractivity (Wildman–Crippen MR) is 102 cm³/mol. The van der Waals surface area contributed by atoms with E-state index < -0.39 is 5.82 Å². The van der Waals surface area contributed by atoms with Gasteiger partial charge in [-0.2, -0.15) is 15.0 Å². The number of morpholine rings is 1. The summed E-state index contributed by atoms with van der Waals surface area (Å²) >= 11 is 1.47. The Morgan fingerprint density at radius 2 is 1.86 bits per heavy atom. The van der Waals surface area contributed by atoms with Gasteiger partial charge in [-0.1, -0.05) is 0 Å². The molecule has 10 nitrogen and oxygen atoms in total. The molecule has 1 fully saturated rings. The number of ether oxygens (including phenoxy) is 1. The van der Waals surface area contributed by atoms with Crippen molar-refractivity contribution in [3.8, 4) is 0 Å². The highest BCUT2D eigenvalue weighted by molar-refractivity contribution is 7.07. The van der Waals surface area contributed by atoms with Crippen molar-refractivity contribution in [3.63, 3.8) is 0 Å². The molecule has 146 valence electrons. The van der Waals surface area contributed by atoms with Gasteiger partial charge < -0.3 is 20.3 Å². The zero-order chi connectivity index (χ0) is 19.3. The van der Waals surface area contributed by atoms with E-state index in [9.17, 15) is 4.39 Å². The largest absolute Gasteiger partial charge is 0.378 e. The van der Waals surface area contributed by atoms with Gasteiger partial charge in [-0.3, -0.25) is 0 Å². The van der Waals surface area contributed by atoms with E-state index in [-0.39, 0.29) is 6.04 Å². The van der Waals surface area contributed by atoms with Crippen molar-refractivity contribution in [2.45, 2.75) is 13.0 Å². The molecule has 0 aromatic carbocycles. The Kier molecular flexibility index (Phi) is 5.48. The van der Waals surface area contributed by atoms with E-state index >= 15 is 0 Å². The highest BCUT2D eigenvalue weighted by Gasteiger charge is 2.18. The van der Waals surface area contributed by atoms with E-state index in [1.807, 2.05) is 17.2 Å². The number of nitrogens with zero attached hydrogens (tertiary/aromatic N) is 7. The lowest BCUT2D eigenvalue weighted by molar-refractivity contribution is 0.122. The lowest BCUT2D eigenvalue weighted by Crippen LogP contribution is -2.37. The standard InChI is InChI=1S/C16H18FN9OS/c1-10(13-18-6-11(17)7-19-13)21-14-23-15(22-12-8-28-9-20-12)25-16(24-14)26-2-4-27-5-3-26/h6-10H,2-5H2,1H3,(H2,21,22,23,24,25)/t10-/m0/s1. The van der Waals surface area contributed by atoms with Crippen LogP contribution in [0.3, 0.4) is 0 Å². The summed E-state index contributed by atoms with van der Waals surface area (Å²) in [7, 11) is 0. The molecule has 0 unspecified atom stereocenters. The fourth-order valence-corrected chi connectivity index (χ4v) is 3.07. The maximum absolute atomic E-state index is 13.1. The second-order valence-electron chi connectivity index (χ2n) is 6.01. The molecular weight excluding hydrogens is 385 g/mol. The first-order chi connectivity index (χ1) is 13.7. The van der Waals surface area contributed by atoms with Crippen LogP contribution in [-0.2, 0) is 4.74 Å². The van der Waals surface area contributed by atoms with Crippen LogP contribution >= 0.6 is 11.3 Å². The maximum atomic E-state index is 13.1. The van der Waals surface area contributed by atoms with Crippen LogP contribution in [0.1, 0.15) is 18.8 Å². The van der Waals surface area contributed by atoms with Gasteiger partial charge in [0, 0.05) is 18.5 Å². The van der Waals surface area contributed by atoms with Gasteiger partial charge in [0.2, 0.25) is 17.8 Å². The summed E-state index contributed by atoms with van der Waals surface area (Å²) in [6.07, 6.45) is 2.25. The minimum Gasteiger partial charge on any atom is -0.378 e. The summed E-state index contributed by atoms with van der Waals surface area (Å²) in [5.74, 6) is 1.87. The zero-order valence-electron chi connectivity index (χ0n) is 15.0. The summed E-state index contributed by atoms with van der Waals surface area (Å²) in [5, 5.41) is 8.10. The molecule has 2 N–H and O–H groups in total. The fourth-order valence-electron chi connectivity index (χ4n) is 2.58. The zero-order valence-corrected chi connectivity index (χ0v) is 15.9. The minimum atomic E-state index is -0.486. The number of halogens is 1. The van der Waals surface area contributed by atoms with Gasteiger partial charge in [-0.05, 0) is 6.92 Å². The highest BCUT2D eigenvalue weighted by Crippen LogP contribution is 2.21. The molecule has 0 radical (unpaired) electrons. The van der Waals surface area contributed by atoms with Crippen LogP contribution in [0.25, 0.3) is 0 Å². The van der Waals surface area contributed by atoms with Crippen LogP contribution in [0.2, 0.25) is 0 Å². The molecule has 0 aliphatic carbocycles. The first kappa shape index (κ1) is 18.4. The third-order valence-electron chi connectivity index (χ3n) is 3.96. The van der Waals surface area contributed by atoms with Crippen LogP contribution in [0.15, 0.2) is 23.3 Å². The molecule has 4 rings (SSSR count). The van der Waals surface area contributed by atoms with E-state index in [0.29, 0.717) is 55.8 Å². The van der Waals surface area contributed by atoms with Gasteiger partial charge in [0.25, 0.3) is 0 Å². The quantitative estimate of drug-likeness (QED) is 0.633. The molecule has 0 spiro atoms. The SMILES string of the molecule is C[C@H](Nc1nc(Nc2cscn2)nc(N2CCOCC2)n1)c1ncc(F)cn1. The van der Waals surface area contributed by atoms with E-state index in [2.05, 4.69) is 40.5 Å². The van der Waals surface area contributed by atoms with E-state index in [1.165, 1.54) is 11.3 Å². The molecule has 28 heavy (non-hydrogen) atoms. The number of nitrogens with one attached hydrogen (secondary N) is 2. The molecule has 1 atom stereocenters. The van der Waals surface area contributed by atoms with Crippen molar-refractivity contribution in [3.05, 3.63) is 34.9 Å². The number of rotatable bonds is 6. The van der Waals surface area contributed by atoms with Crippen molar-refractivity contribution in [1.29, 1.82) is 0 Å². The Morgan fingerprint density at radius 1 is 1.11 bits per heavy atom. The molecule has 0 bridgehead atoms. The number of hydrogen-bond donors (Lipinski definition) is 2. The average molecular weight is 403 g/mol. The minimum absolute atomic E-state index is 0.326. The van der Waals surface area contributed by atoms with Crippen molar-refractivity contribution in [1.82, 2.24) is 29.9 Å². The molecule has 0 amide bonds. The first-order valence-electron chi connectivity index (χ1n) is 8.65. The average Bonchev–Trinajstić information content (AvgIpc) is 3.22. The lowest BCUT2D eigenvalue weighted by Gasteiger charge is -2.27. The monoisotopic (exact) mass is 403 g/mol. The Hall–Kier alpha value is -2.99. The van der Waals surface area contributed by atoms with Crippen molar-refractivity contribution in [2.24, 2.45) is 0 Å². The van der Waals surface area contributed by atoms with Gasteiger partial charge >= 0.3 is 0 Å². The summed E-state index contributed by atoms with van der Waals surface area (Å²) in [6.45, 7) is 4.46. The van der Waals surface area contributed by atoms with Gasteiger partial charge in [0.15, 0.2) is 5.82 Å². The van der Waals surface area contributed by atoms with E-state index in [0.717, 1.165) is 12.4 Å². The van der Waals surface area contributed by atoms with Crippen LogP contribution < -0.4 is 15.5 Å². The van der Waals surface area contributed by atoms with Gasteiger partial charge in [0.05, 0.1) is 37.2 Å². The summed E-state index contributed by atoms with van der Waals surface area (Å²) < 4.78 is 18.5. The molecule has 1 aliphatic rings. The summed E-state index contributed by atoms with van der Waals surface area (Å²) in [5.41, 5.74) is 1.72. The topological polar surface area (TPSA) is 114 Å². The number of aromatic nitrogens is 6. The second kappa shape index (κ2) is 8.35. The van der Waals surface area contributed by atoms with Crippen LogP contribution in [0.4, 0.5) is 28.1 Å². The first-order valence-corrected chi connectivity index (χ1v) is 9.59. The Bertz CT molecular complexity index is 903. The Balaban J connectivity index is 1.59. The third-order valence-corrected chi connectivity index (χ3v) is 4.55. The summed E-state index contributed by atoms with van der Waals surface area (Å²) in [4.78, 5) is 27.7. The van der Waals surface area contributed by atoms with Crippen molar-refractivity contribution >= 4 is 35.0 Å².